The molecule has 0 aliphatic heterocycles. The van der Waals surface area contributed by atoms with Gasteiger partial charge in [-0.05, 0) is 71.8 Å². The highest BCUT2D eigenvalue weighted by Crippen LogP contribution is 2.31. The Bertz CT molecular complexity index is 1740. The average molecular weight is 610 g/mol. The maximum absolute atomic E-state index is 13.4. The summed E-state index contributed by atoms with van der Waals surface area (Å²) in [7, 11) is 0. The van der Waals surface area contributed by atoms with Crippen molar-refractivity contribution in [1.82, 2.24) is 5.43 Å². The van der Waals surface area contributed by atoms with Crippen molar-refractivity contribution in [2.24, 2.45) is 5.10 Å². The lowest BCUT2D eigenvalue weighted by Crippen LogP contribution is -2.22. The van der Waals surface area contributed by atoms with E-state index in [2.05, 4.69) is 21.2 Å². The summed E-state index contributed by atoms with van der Waals surface area (Å²) in [5, 5.41) is 17.8. The Labute approximate surface area is 246 Å². The quantitative estimate of drug-likeness (QED) is 0.114. The third-order valence-electron chi connectivity index (χ3n) is 6.10. The first-order valence-corrected chi connectivity index (χ1v) is 12.7. The second-order valence-corrected chi connectivity index (χ2v) is 9.30. The van der Waals surface area contributed by atoms with Crippen LogP contribution in [-0.2, 0) is 18.8 Å². The molecule has 3 amide bonds. The van der Waals surface area contributed by atoms with Crippen LogP contribution in [0.5, 0.6) is 0 Å². The first kappa shape index (κ1) is 31.3. The van der Waals surface area contributed by atoms with Crippen LogP contribution in [0.3, 0.4) is 0 Å². The number of alkyl halides is 6. The van der Waals surface area contributed by atoms with Crippen molar-refractivity contribution in [2.45, 2.75) is 18.8 Å². The highest BCUT2D eigenvalue weighted by atomic mass is 19.4. The molecule has 7 nitrogen and oxygen atoms in total. The van der Waals surface area contributed by atoms with Crippen LogP contribution in [0.2, 0.25) is 0 Å². The van der Waals surface area contributed by atoms with Crippen molar-refractivity contribution >= 4 is 29.0 Å². The van der Waals surface area contributed by atoms with Crippen molar-refractivity contribution in [1.29, 1.82) is 5.26 Å². The van der Waals surface area contributed by atoms with Crippen LogP contribution in [-0.4, -0.2) is 17.6 Å². The van der Waals surface area contributed by atoms with E-state index in [9.17, 15) is 35.9 Å². The lowest BCUT2D eigenvalue weighted by molar-refractivity contribution is -0.138. The van der Waals surface area contributed by atoms with E-state index < -0.39 is 35.4 Å². The standard InChI is InChI=1S/C31H21F6N5O2/c32-30(33,34)23-6-1-4-21(15-23)27(14-19-10-12-20(18-38)13-11-19)41-42-28(43)22-5-2-8-25(16-22)39-29(44)40-26-9-3-7-24(17-26)31(35,36)37/h1-13,15-17H,14H2,(H,42,43)(H2,39,40,44)/b41-27-. The Balaban J connectivity index is 1.52. The number of hydrazone groups is 1. The van der Waals surface area contributed by atoms with Crippen LogP contribution in [0.15, 0.2) is 102 Å². The van der Waals surface area contributed by atoms with Gasteiger partial charge >= 0.3 is 18.4 Å². The van der Waals surface area contributed by atoms with Crippen molar-refractivity contribution in [2.75, 3.05) is 10.6 Å². The molecule has 44 heavy (non-hydrogen) atoms. The van der Waals surface area contributed by atoms with Gasteiger partial charge in [-0.15, -0.1) is 0 Å². The number of hydrogen-bond donors (Lipinski definition) is 3. The highest BCUT2D eigenvalue weighted by Gasteiger charge is 2.31. The van der Waals surface area contributed by atoms with Crippen LogP contribution in [0, 0.1) is 11.3 Å². The minimum Gasteiger partial charge on any atom is -0.308 e. The molecule has 0 heterocycles. The van der Waals surface area contributed by atoms with E-state index in [1.54, 1.807) is 24.3 Å². The number of halogens is 6. The van der Waals surface area contributed by atoms with E-state index in [0.29, 0.717) is 11.1 Å². The number of carbonyl (C=O) groups is 2. The van der Waals surface area contributed by atoms with Crippen LogP contribution in [0.4, 0.5) is 42.5 Å². The molecule has 4 aromatic rings. The number of nitrogens with one attached hydrogen (secondary N) is 3. The zero-order valence-corrected chi connectivity index (χ0v) is 22.4. The molecule has 13 heteroatoms. The number of carbonyl (C=O) groups excluding carboxylic acids is 2. The number of hydrogen-bond acceptors (Lipinski definition) is 4. The molecule has 0 saturated carbocycles. The SMILES string of the molecule is N#Cc1ccc(C/C(=N/NC(=O)c2cccc(NC(=O)Nc3cccc(C(F)(F)F)c3)c2)c2cccc(C(F)(F)F)c2)cc1. The molecule has 0 fully saturated rings. The van der Waals surface area contributed by atoms with Crippen molar-refractivity contribution in [3.8, 4) is 6.07 Å². The van der Waals surface area contributed by atoms with E-state index in [1.807, 2.05) is 6.07 Å². The number of amides is 3. The number of anilines is 2. The summed E-state index contributed by atoms with van der Waals surface area (Å²) >= 11 is 0. The normalized spacial score (nSPS) is 11.8. The van der Waals surface area contributed by atoms with E-state index in [-0.39, 0.29) is 34.6 Å². The lowest BCUT2D eigenvalue weighted by Gasteiger charge is -2.12. The number of nitriles is 1. The van der Waals surface area contributed by atoms with Gasteiger partial charge in [0, 0.05) is 23.4 Å². The average Bonchev–Trinajstić information content (AvgIpc) is 2.99. The lowest BCUT2D eigenvalue weighted by atomic mass is 9.99. The highest BCUT2D eigenvalue weighted by molar-refractivity contribution is 6.04. The van der Waals surface area contributed by atoms with Gasteiger partial charge in [0.2, 0.25) is 0 Å². The smallest absolute Gasteiger partial charge is 0.308 e. The monoisotopic (exact) mass is 609 g/mol. The Hall–Kier alpha value is -5.64. The number of rotatable bonds is 7. The Morgan fingerprint density at radius 3 is 1.86 bits per heavy atom. The van der Waals surface area contributed by atoms with Crippen LogP contribution in [0.25, 0.3) is 0 Å². The minimum absolute atomic E-state index is 0.0185. The summed E-state index contributed by atoms with van der Waals surface area (Å²) < 4.78 is 79.0. The molecule has 224 valence electrons. The van der Waals surface area contributed by atoms with Gasteiger partial charge < -0.3 is 10.6 Å². The van der Waals surface area contributed by atoms with Crippen LogP contribution in [0.1, 0.15) is 38.2 Å². The van der Waals surface area contributed by atoms with Gasteiger partial charge in [-0.1, -0.05) is 36.4 Å². The van der Waals surface area contributed by atoms with E-state index >= 15 is 0 Å². The predicted octanol–water partition coefficient (Wildman–Crippen LogP) is 7.62. The molecule has 0 aromatic heterocycles. The summed E-state index contributed by atoms with van der Waals surface area (Å²) in [6.07, 6.45) is -9.19. The minimum atomic E-state index is -4.61. The first-order chi connectivity index (χ1) is 20.8. The molecule has 0 spiro atoms. The fraction of sp³-hybridized carbons (Fsp3) is 0.0968. The molecule has 0 saturated heterocycles. The van der Waals surface area contributed by atoms with E-state index in [4.69, 9.17) is 5.26 Å². The second kappa shape index (κ2) is 13.1. The Morgan fingerprint density at radius 2 is 1.25 bits per heavy atom. The molecule has 0 bridgehead atoms. The zero-order chi connectivity index (χ0) is 31.9. The summed E-state index contributed by atoms with van der Waals surface area (Å²) in [5.74, 6) is -0.753. The van der Waals surface area contributed by atoms with Crippen LogP contribution < -0.4 is 16.1 Å². The van der Waals surface area contributed by atoms with Crippen molar-refractivity contribution in [3.05, 3.63) is 130 Å². The summed E-state index contributed by atoms with van der Waals surface area (Å²) in [5.41, 5.74) is 1.72. The summed E-state index contributed by atoms with van der Waals surface area (Å²) in [6, 6.07) is 21.4. The van der Waals surface area contributed by atoms with Crippen LogP contribution >= 0.6 is 0 Å². The molecule has 0 atom stereocenters. The molecular weight excluding hydrogens is 588 g/mol. The Kier molecular flexibility index (Phi) is 9.33. The maximum atomic E-state index is 13.4. The topological polar surface area (TPSA) is 106 Å². The summed E-state index contributed by atoms with van der Waals surface area (Å²) in [6.45, 7) is 0. The second-order valence-electron chi connectivity index (χ2n) is 9.30. The molecule has 3 N–H and O–H groups in total. The molecule has 0 unspecified atom stereocenters. The predicted molar refractivity (Wildman–Crippen MR) is 151 cm³/mol. The molecule has 0 aliphatic carbocycles. The molecule has 0 aliphatic rings. The van der Waals surface area contributed by atoms with Crippen molar-refractivity contribution < 1.29 is 35.9 Å². The van der Waals surface area contributed by atoms with Gasteiger partial charge in [-0.2, -0.15) is 36.7 Å². The van der Waals surface area contributed by atoms with Gasteiger partial charge in [-0.3, -0.25) is 4.79 Å². The van der Waals surface area contributed by atoms with E-state index in [0.717, 1.165) is 30.3 Å². The largest absolute Gasteiger partial charge is 0.416 e. The van der Waals surface area contributed by atoms with Gasteiger partial charge in [0.15, 0.2) is 0 Å². The third-order valence-corrected chi connectivity index (χ3v) is 6.10. The maximum Gasteiger partial charge on any atom is 0.416 e. The van der Waals surface area contributed by atoms with Crippen molar-refractivity contribution in [3.63, 3.8) is 0 Å². The molecule has 0 radical (unpaired) electrons. The van der Waals surface area contributed by atoms with Gasteiger partial charge in [0.05, 0.1) is 28.5 Å². The fourth-order valence-corrected chi connectivity index (χ4v) is 3.96. The Morgan fingerprint density at radius 1 is 0.705 bits per heavy atom. The zero-order valence-electron chi connectivity index (χ0n) is 22.4. The number of benzene rings is 4. The van der Waals surface area contributed by atoms with Gasteiger partial charge in [-0.25, -0.2) is 10.2 Å². The number of nitrogens with zero attached hydrogens (tertiary/aromatic N) is 2. The van der Waals surface area contributed by atoms with Gasteiger partial charge in [0.1, 0.15) is 0 Å². The molecule has 4 rings (SSSR count). The molecular formula is C31H21F6N5O2. The molecule has 4 aromatic carbocycles. The summed E-state index contributed by atoms with van der Waals surface area (Å²) in [4.78, 5) is 25.3. The van der Waals surface area contributed by atoms with E-state index in [1.165, 1.54) is 42.5 Å². The fourth-order valence-electron chi connectivity index (χ4n) is 3.96. The number of urea groups is 1. The third kappa shape index (κ3) is 8.45. The van der Waals surface area contributed by atoms with Gasteiger partial charge in [0.25, 0.3) is 5.91 Å². The first-order valence-electron chi connectivity index (χ1n) is 12.7.